The largest absolute Gasteiger partial charge is 0.342 e. The molecule has 1 amide bonds. The second kappa shape index (κ2) is 7.44. The number of nitrogens with two attached hydrogens (primary N) is 1. The summed E-state index contributed by atoms with van der Waals surface area (Å²) < 4.78 is 0. The van der Waals surface area contributed by atoms with Crippen LogP contribution in [0.1, 0.15) is 31.7 Å². The van der Waals surface area contributed by atoms with Gasteiger partial charge in [0.2, 0.25) is 5.91 Å². The number of carbonyl (C=O) groups excluding carboxylic acids is 1. The number of benzene rings is 1. The SMILES string of the molecule is CC1CCCN(C(=O)C(CN)Cc2ccccc2)CC1. The van der Waals surface area contributed by atoms with Crippen LogP contribution in [-0.4, -0.2) is 30.4 Å². The quantitative estimate of drug-likeness (QED) is 0.916. The number of carbonyl (C=O) groups is 1. The van der Waals surface area contributed by atoms with E-state index < -0.39 is 0 Å². The van der Waals surface area contributed by atoms with Crippen LogP contribution in [0, 0.1) is 11.8 Å². The predicted octanol–water partition coefficient (Wildman–Crippen LogP) is 2.45. The third-order valence-corrected chi connectivity index (χ3v) is 4.29. The molecule has 0 aliphatic carbocycles. The van der Waals surface area contributed by atoms with Gasteiger partial charge in [-0.05, 0) is 37.2 Å². The summed E-state index contributed by atoms with van der Waals surface area (Å²) in [5.41, 5.74) is 7.04. The lowest BCUT2D eigenvalue weighted by Gasteiger charge is -2.25. The molecule has 1 aliphatic rings. The topological polar surface area (TPSA) is 46.3 Å². The Kier molecular flexibility index (Phi) is 5.60. The van der Waals surface area contributed by atoms with Crippen molar-refractivity contribution < 1.29 is 4.79 Å². The van der Waals surface area contributed by atoms with Crippen LogP contribution in [0.25, 0.3) is 0 Å². The molecule has 0 spiro atoms. The van der Waals surface area contributed by atoms with Gasteiger partial charge in [-0.2, -0.15) is 0 Å². The highest BCUT2D eigenvalue weighted by Gasteiger charge is 2.25. The van der Waals surface area contributed by atoms with E-state index in [0.29, 0.717) is 6.54 Å². The number of nitrogens with zero attached hydrogens (tertiary/aromatic N) is 1. The van der Waals surface area contributed by atoms with E-state index in [4.69, 9.17) is 5.73 Å². The van der Waals surface area contributed by atoms with Crippen LogP contribution in [0.2, 0.25) is 0 Å². The minimum Gasteiger partial charge on any atom is -0.342 e. The molecule has 1 saturated heterocycles. The monoisotopic (exact) mass is 274 g/mol. The summed E-state index contributed by atoms with van der Waals surface area (Å²) in [7, 11) is 0. The van der Waals surface area contributed by atoms with Crippen LogP contribution in [0.4, 0.5) is 0 Å². The predicted molar refractivity (Wildman–Crippen MR) is 82.3 cm³/mol. The van der Waals surface area contributed by atoms with Gasteiger partial charge in [-0.3, -0.25) is 4.79 Å². The molecule has 2 rings (SSSR count). The average molecular weight is 274 g/mol. The number of rotatable bonds is 4. The van der Waals surface area contributed by atoms with Crippen LogP contribution in [0.15, 0.2) is 30.3 Å². The number of hydrogen-bond donors (Lipinski definition) is 1. The van der Waals surface area contributed by atoms with Gasteiger partial charge >= 0.3 is 0 Å². The van der Waals surface area contributed by atoms with Gasteiger partial charge in [0.15, 0.2) is 0 Å². The van der Waals surface area contributed by atoms with Crippen molar-refractivity contribution in [1.82, 2.24) is 4.90 Å². The summed E-state index contributed by atoms with van der Waals surface area (Å²) in [6.45, 7) is 4.50. The van der Waals surface area contributed by atoms with Gasteiger partial charge < -0.3 is 10.6 Å². The van der Waals surface area contributed by atoms with Gasteiger partial charge in [-0.15, -0.1) is 0 Å². The van der Waals surface area contributed by atoms with E-state index in [9.17, 15) is 4.79 Å². The molecule has 0 radical (unpaired) electrons. The van der Waals surface area contributed by atoms with Crippen molar-refractivity contribution in [2.24, 2.45) is 17.6 Å². The normalized spacial score (nSPS) is 21.3. The number of likely N-dealkylation sites (tertiary alicyclic amines) is 1. The maximum atomic E-state index is 12.6. The first-order chi connectivity index (χ1) is 9.70. The Hall–Kier alpha value is -1.35. The molecule has 3 nitrogen and oxygen atoms in total. The Morgan fingerprint density at radius 1 is 1.30 bits per heavy atom. The lowest BCUT2D eigenvalue weighted by Crippen LogP contribution is -2.40. The fraction of sp³-hybridized carbons (Fsp3) is 0.588. The highest BCUT2D eigenvalue weighted by Crippen LogP contribution is 2.19. The fourth-order valence-corrected chi connectivity index (χ4v) is 2.91. The first kappa shape index (κ1) is 15.0. The molecule has 1 heterocycles. The van der Waals surface area contributed by atoms with E-state index in [1.807, 2.05) is 23.1 Å². The Bertz CT molecular complexity index is 418. The Morgan fingerprint density at radius 3 is 2.75 bits per heavy atom. The molecule has 2 N–H and O–H groups in total. The van der Waals surface area contributed by atoms with Gasteiger partial charge in [-0.25, -0.2) is 0 Å². The molecule has 110 valence electrons. The molecule has 0 saturated carbocycles. The van der Waals surface area contributed by atoms with Gasteiger partial charge in [0.25, 0.3) is 0 Å². The van der Waals surface area contributed by atoms with Crippen molar-refractivity contribution in [1.29, 1.82) is 0 Å². The summed E-state index contributed by atoms with van der Waals surface area (Å²) in [6.07, 6.45) is 4.22. The van der Waals surface area contributed by atoms with E-state index in [1.54, 1.807) is 0 Å². The van der Waals surface area contributed by atoms with E-state index in [0.717, 1.165) is 38.3 Å². The molecule has 1 aromatic carbocycles. The van der Waals surface area contributed by atoms with Crippen LogP contribution < -0.4 is 5.73 Å². The Balaban J connectivity index is 1.97. The van der Waals surface area contributed by atoms with Crippen LogP contribution >= 0.6 is 0 Å². The average Bonchev–Trinajstić information content (AvgIpc) is 2.70. The van der Waals surface area contributed by atoms with Gasteiger partial charge in [0, 0.05) is 19.6 Å². The van der Waals surface area contributed by atoms with Crippen LogP contribution in [-0.2, 0) is 11.2 Å². The maximum absolute atomic E-state index is 12.6. The lowest BCUT2D eigenvalue weighted by atomic mass is 9.98. The van der Waals surface area contributed by atoms with E-state index in [1.165, 1.54) is 12.0 Å². The van der Waals surface area contributed by atoms with E-state index in [-0.39, 0.29) is 11.8 Å². The smallest absolute Gasteiger partial charge is 0.227 e. The summed E-state index contributed by atoms with van der Waals surface area (Å²) in [6, 6.07) is 10.2. The van der Waals surface area contributed by atoms with Crippen molar-refractivity contribution in [2.45, 2.75) is 32.6 Å². The second-order valence-electron chi connectivity index (χ2n) is 5.98. The summed E-state index contributed by atoms with van der Waals surface area (Å²) in [5, 5.41) is 0. The number of hydrogen-bond acceptors (Lipinski definition) is 2. The zero-order chi connectivity index (χ0) is 14.4. The molecule has 0 aromatic heterocycles. The number of amides is 1. The van der Waals surface area contributed by atoms with Crippen molar-refractivity contribution in [3.8, 4) is 0 Å². The third-order valence-electron chi connectivity index (χ3n) is 4.29. The minimum atomic E-state index is -0.0780. The first-order valence-electron chi connectivity index (χ1n) is 7.73. The maximum Gasteiger partial charge on any atom is 0.227 e. The fourth-order valence-electron chi connectivity index (χ4n) is 2.91. The third kappa shape index (κ3) is 4.07. The van der Waals surface area contributed by atoms with Crippen molar-refractivity contribution in [2.75, 3.05) is 19.6 Å². The minimum absolute atomic E-state index is 0.0780. The first-order valence-corrected chi connectivity index (χ1v) is 7.73. The van der Waals surface area contributed by atoms with Gasteiger partial charge in [0.1, 0.15) is 0 Å². The summed E-state index contributed by atoms with van der Waals surface area (Å²) in [5.74, 6) is 0.898. The molecule has 1 aromatic rings. The molecular formula is C17H26N2O. The Morgan fingerprint density at radius 2 is 2.05 bits per heavy atom. The van der Waals surface area contributed by atoms with Crippen LogP contribution in [0.3, 0.4) is 0 Å². The highest BCUT2D eigenvalue weighted by molar-refractivity contribution is 5.79. The standard InChI is InChI=1S/C17H26N2O/c1-14-6-5-10-19(11-9-14)17(20)16(13-18)12-15-7-3-2-4-8-15/h2-4,7-8,14,16H,5-6,9-13,18H2,1H3. The van der Waals surface area contributed by atoms with E-state index >= 15 is 0 Å². The zero-order valence-electron chi connectivity index (χ0n) is 12.4. The lowest BCUT2D eigenvalue weighted by molar-refractivity contribution is -0.135. The molecule has 3 heteroatoms. The molecule has 0 bridgehead atoms. The molecule has 2 unspecified atom stereocenters. The van der Waals surface area contributed by atoms with Crippen molar-refractivity contribution in [3.63, 3.8) is 0 Å². The highest BCUT2D eigenvalue weighted by atomic mass is 16.2. The van der Waals surface area contributed by atoms with Gasteiger partial charge in [-0.1, -0.05) is 37.3 Å². The zero-order valence-corrected chi connectivity index (χ0v) is 12.4. The molecule has 20 heavy (non-hydrogen) atoms. The molecular weight excluding hydrogens is 248 g/mol. The van der Waals surface area contributed by atoms with E-state index in [2.05, 4.69) is 19.1 Å². The summed E-state index contributed by atoms with van der Waals surface area (Å²) in [4.78, 5) is 14.7. The molecule has 1 aliphatic heterocycles. The molecule has 2 atom stereocenters. The summed E-state index contributed by atoms with van der Waals surface area (Å²) >= 11 is 0. The second-order valence-corrected chi connectivity index (χ2v) is 5.98. The Labute approximate surface area is 122 Å². The molecule has 1 fully saturated rings. The van der Waals surface area contributed by atoms with Gasteiger partial charge in [0.05, 0.1) is 5.92 Å². The van der Waals surface area contributed by atoms with Crippen molar-refractivity contribution >= 4 is 5.91 Å². The van der Waals surface area contributed by atoms with Crippen molar-refractivity contribution in [3.05, 3.63) is 35.9 Å². The van der Waals surface area contributed by atoms with Crippen LogP contribution in [0.5, 0.6) is 0 Å².